The maximum atomic E-state index is 5.83. The Kier molecular flexibility index (Phi) is 2.07. The molecule has 1 heterocycles. The topological polar surface area (TPSA) is 28.7 Å². The number of nitrogens with one attached hydrogen (secondary N) is 1. The molecule has 0 saturated heterocycles. The van der Waals surface area contributed by atoms with Crippen LogP contribution in [0.15, 0.2) is 24.4 Å². The summed E-state index contributed by atoms with van der Waals surface area (Å²) in [4.78, 5) is 0. The predicted octanol–water partition coefficient (Wildman–Crippen LogP) is 2.84. The standard InChI is InChI=1S/C10H8ClN2/c1-7-10(6-12-13-7)8-3-2-4-9(11)5-8/h2-3,5-6H,1H3,(H,12,13). The number of aryl methyl sites for hydroxylation is 1. The minimum absolute atomic E-state index is 0.623. The molecule has 0 amide bonds. The van der Waals surface area contributed by atoms with Crippen LogP contribution in [0.5, 0.6) is 0 Å². The molecule has 1 N–H and O–H groups in total. The van der Waals surface area contributed by atoms with E-state index in [1.54, 1.807) is 0 Å². The van der Waals surface area contributed by atoms with Crippen LogP contribution in [-0.4, -0.2) is 10.2 Å². The van der Waals surface area contributed by atoms with Crippen molar-refractivity contribution in [2.24, 2.45) is 0 Å². The van der Waals surface area contributed by atoms with Crippen molar-refractivity contribution in [3.8, 4) is 11.1 Å². The summed E-state index contributed by atoms with van der Waals surface area (Å²) in [6, 6.07) is 8.53. The quantitative estimate of drug-likeness (QED) is 0.738. The third kappa shape index (κ3) is 1.58. The van der Waals surface area contributed by atoms with Crippen LogP contribution < -0.4 is 0 Å². The summed E-state index contributed by atoms with van der Waals surface area (Å²) in [6.07, 6.45) is 1.86. The van der Waals surface area contributed by atoms with Crippen molar-refractivity contribution < 1.29 is 0 Å². The van der Waals surface area contributed by atoms with Crippen LogP contribution in [0, 0.1) is 13.0 Å². The number of hydrogen-bond donors (Lipinski definition) is 1. The minimum Gasteiger partial charge on any atom is -0.285 e. The first-order chi connectivity index (χ1) is 6.27. The molecule has 0 aliphatic rings. The number of aromatic amines is 1. The Morgan fingerprint density at radius 1 is 1.54 bits per heavy atom. The van der Waals surface area contributed by atoms with E-state index < -0.39 is 0 Å². The summed E-state index contributed by atoms with van der Waals surface area (Å²) < 4.78 is 0. The van der Waals surface area contributed by atoms with Gasteiger partial charge in [0.2, 0.25) is 0 Å². The van der Waals surface area contributed by atoms with Crippen molar-refractivity contribution in [1.82, 2.24) is 10.2 Å². The lowest BCUT2D eigenvalue weighted by Gasteiger charge is -1.98. The van der Waals surface area contributed by atoms with Crippen LogP contribution in [0.4, 0.5) is 0 Å². The molecule has 2 rings (SSSR count). The molecule has 0 atom stereocenters. The number of benzene rings is 1. The third-order valence-corrected chi connectivity index (χ3v) is 2.13. The number of aromatic nitrogens is 2. The summed E-state index contributed by atoms with van der Waals surface area (Å²) in [6.45, 7) is 1.95. The van der Waals surface area contributed by atoms with E-state index in [0.29, 0.717) is 5.02 Å². The summed E-state index contributed by atoms with van der Waals surface area (Å²) in [7, 11) is 0. The van der Waals surface area contributed by atoms with E-state index in [4.69, 9.17) is 11.6 Å². The molecule has 0 spiro atoms. The Hall–Kier alpha value is -1.28. The Balaban J connectivity index is 2.53. The van der Waals surface area contributed by atoms with Gasteiger partial charge >= 0.3 is 0 Å². The molecule has 65 valence electrons. The molecule has 0 saturated carbocycles. The molecular weight excluding hydrogens is 184 g/mol. The van der Waals surface area contributed by atoms with Gasteiger partial charge in [-0.2, -0.15) is 5.10 Å². The highest BCUT2D eigenvalue weighted by Crippen LogP contribution is 2.23. The Bertz CT molecular complexity index is 420. The fourth-order valence-electron chi connectivity index (χ4n) is 1.26. The Morgan fingerprint density at radius 3 is 3.00 bits per heavy atom. The van der Waals surface area contributed by atoms with Crippen molar-refractivity contribution in [3.63, 3.8) is 0 Å². The highest BCUT2D eigenvalue weighted by molar-refractivity contribution is 6.30. The van der Waals surface area contributed by atoms with E-state index in [1.807, 2.05) is 31.3 Å². The van der Waals surface area contributed by atoms with Gasteiger partial charge in [0, 0.05) is 22.8 Å². The van der Waals surface area contributed by atoms with E-state index in [9.17, 15) is 0 Å². The number of halogens is 1. The van der Waals surface area contributed by atoms with Crippen LogP contribution >= 0.6 is 11.6 Å². The fraction of sp³-hybridized carbons (Fsp3) is 0.100. The Labute approximate surface area is 81.6 Å². The van der Waals surface area contributed by atoms with Crippen molar-refractivity contribution in [3.05, 3.63) is 41.2 Å². The normalized spacial score (nSPS) is 10.3. The van der Waals surface area contributed by atoms with Gasteiger partial charge in [-0.15, -0.1) is 0 Å². The maximum absolute atomic E-state index is 5.83. The van der Waals surface area contributed by atoms with Gasteiger partial charge < -0.3 is 0 Å². The van der Waals surface area contributed by atoms with Crippen molar-refractivity contribution >= 4 is 11.6 Å². The molecule has 2 aromatic rings. The van der Waals surface area contributed by atoms with Crippen LogP contribution in [0.25, 0.3) is 11.1 Å². The third-order valence-electron chi connectivity index (χ3n) is 1.91. The monoisotopic (exact) mass is 191 g/mol. The second-order valence-electron chi connectivity index (χ2n) is 2.81. The van der Waals surface area contributed by atoms with E-state index >= 15 is 0 Å². The van der Waals surface area contributed by atoms with Gasteiger partial charge in [0.15, 0.2) is 0 Å². The molecule has 0 aliphatic carbocycles. The second-order valence-corrected chi connectivity index (χ2v) is 3.22. The molecule has 2 nitrogen and oxygen atoms in total. The van der Waals surface area contributed by atoms with E-state index in [-0.39, 0.29) is 0 Å². The molecule has 1 aromatic heterocycles. The largest absolute Gasteiger partial charge is 0.285 e. The second kappa shape index (κ2) is 3.23. The van der Waals surface area contributed by atoms with E-state index in [1.165, 1.54) is 0 Å². The minimum atomic E-state index is 0.623. The van der Waals surface area contributed by atoms with Crippen LogP contribution in [-0.2, 0) is 0 Å². The zero-order valence-electron chi connectivity index (χ0n) is 7.13. The first-order valence-electron chi connectivity index (χ1n) is 3.95. The molecule has 0 bridgehead atoms. The first kappa shape index (κ1) is 8.32. The first-order valence-corrected chi connectivity index (χ1v) is 4.33. The summed E-state index contributed by atoms with van der Waals surface area (Å²) in [5, 5.41) is 7.48. The lowest BCUT2D eigenvalue weighted by atomic mass is 10.1. The van der Waals surface area contributed by atoms with Gasteiger partial charge in [0.1, 0.15) is 0 Å². The zero-order valence-corrected chi connectivity index (χ0v) is 7.89. The van der Waals surface area contributed by atoms with Gasteiger partial charge in [-0.3, -0.25) is 5.10 Å². The molecule has 13 heavy (non-hydrogen) atoms. The smallest absolute Gasteiger partial charge is 0.0669 e. The average Bonchev–Trinajstić information content (AvgIpc) is 2.51. The fourth-order valence-corrected chi connectivity index (χ4v) is 1.44. The number of hydrogen-bond acceptors (Lipinski definition) is 1. The summed E-state index contributed by atoms with van der Waals surface area (Å²) in [5.74, 6) is 0. The van der Waals surface area contributed by atoms with Crippen LogP contribution in [0.3, 0.4) is 0 Å². The SMILES string of the molecule is Cc1n[nH]cc1-c1cc[c]c(Cl)c1. The molecule has 0 fully saturated rings. The van der Waals surface area contributed by atoms with Gasteiger partial charge in [0.25, 0.3) is 0 Å². The number of rotatable bonds is 1. The zero-order chi connectivity index (χ0) is 9.26. The van der Waals surface area contributed by atoms with Gasteiger partial charge in [-0.25, -0.2) is 0 Å². The van der Waals surface area contributed by atoms with Crippen LogP contribution in [0.1, 0.15) is 5.69 Å². The number of H-pyrrole nitrogens is 1. The van der Waals surface area contributed by atoms with Gasteiger partial charge in [-0.1, -0.05) is 23.7 Å². The highest BCUT2D eigenvalue weighted by atomic mass is 35.5. The Morgan fingerprint density at radius 2 is 2.38 bits per heavy atom. The molecule has 3 heteroatoms. The summed E-state index contributed by atoms with van der Waals surface area (Å²) >= 11 is 5.83. The molecular formula is C10H8ClN2. The van der Waals surface area contributed by atoms with Gasteiger partial charge in [-0.05, 0) is 18.6 Å². The van der Waals surface area contributed by atoms with Gasteiger partial charge in [0.05, 0.1) is 5.69 Å². The van der Waals surface area contributed by atoms with Crippen molar-refractivity contribution in [2.75, 3.05) is 0 Å². The average molecular weight is 192 g/mol. The molecule has 1 aromatic carbocycles. The van der Waals surface area contributed by atoms with Crippen molar-refractivity contribution in [1.29, 1.82) is 0 Å². The number of nitrogens with zero attached hydrogens (tertiary/aromatic N) is 1. The molecule has 0 aliphatic heterocycles. The lowest BCUT2D eigenvalue weighted by Crippen LogP contribution is -1.78. The van der Waals surface area contributed by atoms with Crippen molar-refractivity contribution in [2.45, 2.75) is 6.92 Å². The van der Waals surface area contributed by atoms with E-state index in [2.05, 4.69) is 16.3 Å². The molecule has 1 radical (unpaired) electrons. The van der Waals surface area contributed by atoms with Crippen LogP contribution in [0.2, 0.25) is 5.02 Å². The highest BCUT2D eigenvalue weighted by Gasteiger charge is 2.03. The predicted molar refractivity (Wildman–Crippen MR) is 52.6 cm³/mol. The molecule has 0 unspecified atom stereocenters. The lowest BCUT2D eigenvalue weighted by molar-refractivity contribution is 1.05. The summed E-state index contributed by atoms with van der Waals surface area (Å²) in [5.41, 5.74) is 3.12. The van der Waals surface area contributed by atoms with E-state index in [0.717, 1.165) is 16.8 Å². The maximum Gasteiger partial charge on any atom is 0.0669 e.